The number of thiazole rings is 1. The lowest BCUT2D eigenvalue weighted by Crippen LogP contribution is -2.08. The van der Waals surface area contributed by atoms with Gasteiger partial charge in [-0.15, -0.1) is 11.3 Å². The zero-order valence-electron chi connectivity index (χ0n) is 12.2. The highest BCUT2D eigenvalue weighted by Gasteiger charge is 2.10. The van der Waals surface area contributed by atoms with Crippen molar-refractivity contribution in [2.45, 2.75) is 26.5 Å². The second-order valence-corrected chi connectivity index (χ2v) is 6.31. The molecule has 0 bridgehead atoms. The topological polar surface area (TPSA) is 48.1 Å². The van der Waals surface area contributed by atoms with E-state index in [1.54, 1.807) is 11.3 Å². The van der Waals surface area contributed by atoms with Gasteiger partial charge >= 0.3 is 0 Å². The normalized spacial score (nSPS) is 12.5. The molecule has 0 saturated heterocycles. The molecule has 0 aliphatic carbocycles. The van der Waals surface area contributed by atoms with E-state index in [9.17, 15) is 0 Å². The molecule has 1 aromatic heterocycles. The summed E-state index contributed by atoms with van der Waals surface area (Å²) < 4.78 is 7.12. The molecule has 0 spiro atoms. The van der Waals surface area contributed by atoms with Gasteiger partial charge in [0.1, 0.15) is 17.4 Å². The number of rotatable bonds is 4. The minimum atomic E-state index is -0.0460. The van der Waals surface area contributed by atoms with Crippen LogP contribution in [0.15, 0.2) is 42.5 Å². The van der Waals surface area contributed by atoms with Gasteiger partial charge in [-0.3, -0.25) is 0 Å². The second kappa shape index (κ2) is 5.84. The van der Waals surface area contributed by atoms with Gasteiger partial charge in [-0.05, 0) is 32.0 Å². The van der Waals surface area contributed by atoms with Crippen LogP contribution in [0.1, 0.15) is 29.1 Å². The average molecular weight is 298 g/mol. The van der Waals surface area contributed by atoms with Crippen molar-refractivity contribution >= 4 is 21.6 Å². The third kappa shape index (κ3) is 3.06. The molecule has 3 aromatic rings. The van der Waals surface area contributed by atoms with Gasteiger partial charge in [0.15, 0.2) is 0 Å². The maximum absolute atomic E-state index is 6.02. The minimum absolute atomic E-state index is 0.0460. The highest BCUT2D eigenvalue weighted by Crippen LogP contribution is 2.27. The van der Waals surface area contributed by atoms with E-state index in [4.69, 9.17) is 10.5 Å². The second-order valence-electron chi connectivity index (χ2n) is 5.19. The van der Waals surface area contributed by atoms with E-state index in [1.807, 2.05) is 37.3 Å². The quantitative estimate of drug-likeness (QED) is 0.785. The Balaban J connectivity index is 1.81. The molecule has 2 aromatic carbocycles. The molecule has 0 fully saturated rings. The molecule has 0 amide bonds. The predicted molar refractivity (Wildman–Crippen MR) is 87.7 cm³/mol. The number of aryl methyl sites for hydroxylation is 1. The highest BCUT2D eigenvalue weighted by molar-refractivity contribution is 7.18. The van der Waals surface area contributed by atoms with E-state index in [0.717, 1.165) is 21.8 Å². The molecule has 1 heterocycles. The van der Waals surface area contributed by atoms with Gasteiger partial charge in [0.25, 0.3) is 0 Å². The molecule has 108 valence electrons. The zero-order chi connectivity index (χ0) is 14.8. The third-order valence-corrected chi connectivity index (χ3v) is 4.36. The van der Waals surface area contributed by atoms with Crippen LogP contribution in [-0.4, -0.2) is 4.98 Å². The van der Waals surface area contributed by atoms with Crippen molar-refractivity contribution in [3.8, 4) is 5.75 Å². The number of nitrogens with zero attached hydrogens (tertiary/aromatic N) is 1. The van der Waals surface area contributed by atoms with E-state index in [0.29, 0.717) is 6.61 Å². The summed E-state index contributed by atoms with van der Waals surface area (Å²) in [6.07, 6.45) is 0. The van der Waals surface area contributed by atoms with Gasteiger partial charge in [-0.1, -0.05) is 29.8 Å². The number of fused-ring (bicyclic) bond motifs is 1. The van der Waals surface area contributed by atoms with Crippen LogP contribution < -0.4 is 10.5 Å². The van der Waals surface area contributed by atoms with Gasteiger partial charge in [-0.2, -0.15) is 0 Å². The lowest BCUT2D eigenvalue weighted by Gasteiger charge is -2.14. The van der Waals surface area contributed by atoms with Crippen molar-refractivity contribution in [1.82, 2.24) is 4.98 Å². The molecule has 1 atom stereocenters. The number of ether oxygens (including phenoxy) is 1. The predicted octanol–water partition coefficient (Wildman–Crippen LogP) is 4.20. The molecular weight excluding hydrogens is 280 g/mol. The molecule has 21 heavy (non-hydrogen) atoms. The fourth-order valence-electron chi connectivity index (χ4n) is 2.28. The summed E-state index contributed by atoms with van der Waals surface area (Å²) in [5, 5.41) is 0.979. The van der Waals surface area contributed by atoms with Crippen molar-refractivity contribution in [2.75, 3.05) is 0 Å². The van der Waals surface area contributed by atoms with Crippen LogP contribution >= 0.6 is 11.3 Å². The van der Waals surface area contributed by atoms with Crippen LogP contribution in [0, 0.1) is 6.92 Å². The Labute approximate surface area is 128 Å². The Morgan fingerprint density at radius 1 is 1.24 bits per heavy atom. The Bertz CT molecular complexity index is 731. The highest BCUT2D eigenvalue weighted by atomic mass is 32.1. The SMILES string of the molecule is Cc1ccc(OCc2nc3ccccc3s2)c([C@H](C)N)c1. The molecule has 0 aliphatic rings. The Kier molecular flexibility index (Phi) is 3.90. The van der Waals surface area contributed by atoms with Crippen molar-refractivity contribution in [3.63, 3.8) is 0 Å². The fourth-order valence-corrected chi connectivity index (χ4v) is 3.16. The van der Waals surface area contributed by atoms with Gasteiger partial charge in [-0.25, -0.2) is 4.98 Å². The Morgan fingerprint density at radius 3 is 2.81 bits per heavy atom. The van der Waals surface area contributed by atoms with E-state index in [-0.39, 0.29) is 6.04 Å². The van der Waals surface area contributed by atoms with Crippen LogP contribution in [0.3, 0.4) is 0 Å². The maximum Gasteiger partial charge on any atom is 0.140 e. The monoisotopic (exact) mass is 298 g/mol. The smallest absolute Gasteiger partial charge is 0.140 e. The summed E-state index contributed by atoms with van der Waals surface area (Å²) >= 11 is 1.67. The molecule has 3 nitrogen and oxygen atoms in total. The summed E-state index contributed by atoms with van der Waals surface area (Å²) in [5.41, 5.74) is 9.27. The molecule has 2 N–H and O–H groups in total. The van der Waals surface area contributed by atoms with Crippen molar-refractivity contribution < 1.29 is 4.74 Å². The largest absolute Gasteiger partial charge is 0.486 e. The van der Waals surface area contributed by atoms with E-state index >= 15 is 0 Å². The van der Waals surface area contributed by atoms with Gasteiger partial charge in [0.05, 0.1) is 10.2 Å². The first-order valence-corrected chi connectivity index (χ1v) is 7.78. The van der Waals surface area contributed by atoms with Gasteiger partial charge < -0.3 is 10.5 Å². The minimum Gasteiger partial charge on any atom is -0.486 e. The van der Waals surface area contributed by atoms with Crippen molar-refractivity contribution in [1.29, 1.82) is 0 Å². The first-order valence-electron chi connectivity index (χ1n) is 6.97. The van der Waals surface area contributed by atoms with Crippen LogP contribution in [0.4, 0.5) is 0 Å². The summed E-state index contributed by atoms with van der Waals surface area (Å²) in [6.45, 7) is 4.50. The summed E-state index contributed by atoms with van der Waals surface area (Å²) in [6, 6.07) is 14.2. The standard InChI is InChI=1S/C17H18N2OS/c1-11-7-8-15(13(9-11)12(2)18)20-10-17-19-14-5-3-4-6-16(14)21-17/h3-9,12H,10,18H2,1-2H3/t12-/m0/s1. The fraction of sp³-hybridized carbons (Fsp3) is 0.235. The molecule has 4 heteroatoms. The summed E-state index contributed by atoms with van der Waals surface area (Å²) in [7, 11) is 0. The number of hydrogen-bond acceptors (Lipinski definition) is 4. The first-order chi connectivity index (χ1) is 10.1. The molecule has 0 unspecified atom stereocenters. The van der Waals surface area contributed by atoms with Gasteiger partial charge in [0, 0.05) is 11.6 Å². The average Bonchev–Trinajstić information content (AvgIpc) is 2.88. The molecule has 0 saturated carbocycles. The molecule has 0 radical (unpaired) electrons. The van der Waals surface area contributed by atoms with E-state index in [1.165, 1.54) is 10.3 Å². The lowest BCUT2D eigenvalue weighted by atomic mass is 10.1. The number of benzene rings is 2. The van der Waals surface area contributed by atoms with Gasteiger partial charge in [0.2, 0.25) is 0 Å². The third-order valence-electron chi connectivity index (χ3n) is 3.35. The number of aromatic nitrogens is 1. The molecule has 3 rings (SSSR count). The number of nitrogens with two attached hydrogens (primary N) is 1. The van der Waals surface area contributed by atoms with E-state index in [2.05, 4.69) is 24.0 Å². The van der Waals surface area contributed by atoms with Crippen molar-refractivity contribution in [2.24, 2.45) is 5.73 Å². The van der Waals surface area contributed by atoms with Crippen LogP contribution in [0.25, 0.3) is 10.2 Å². The zero-order valence-corrected chi connectivity index (χ0v) is 13.0. The van der Waals surface area contributed by atoms with Crippen LogP contribution in [-0.2, 0) is 6.61 Å². The summed E-state index contributed by atoms with van der Waals surface area (Å²) in [5.74, 6) is 0.842. The van der Waals surface area contributed by atoms with Crippen LogP contribution in [0.2, 0.25) is 0 Å². The van der Waals surface area contributed by atoms with Crippen LogP contribution in [0.5, 0.6) is 5.75 Å². The first kappa shape index (κ1) is 14.0. The number of hydrogen-bond donors (Lipinski definition) is 1. The summed E-state index contributed by atoms with van der Waals surface area (Å²) in [4.78, 5) is 4.58. The Hall–Kier alpha value is -1.91. The molecule has 0 aliphatic heterocycles. The molecular formula is C17H18N2OS. The lowest BCUT2D eigenvalue weighted by molar-refractivity contribution is 0.301. The number of para-hydroxylation sites is 1. The van der Waals surface area contributed by atoms with E-state index < -0.39 is 0 Å². The van der Waals surface area contributed by atoms with Crippen molar-refractivity contribution in [3.05, 3.63) is 58.6 Å². The Morgan fingerprint density at radius 2 is 2.05 bits per heavy atom. The maximum atomic E-state index is 6.02.